The van der Waals surface area contributed by atoms with E-state index in [2.05, 4.69) is 4.72 Å². The molecule has 1 aromatic rings. The number of benzene rings is 1. The van der Waals surface area contributed by atoms with Gasteiger partial charge in [-0.25, -0.2) is 13.1 Å². The molecular formula is C12H17NO4S. The van der Waals surface area contributed by atoms with Crippen molar-refractivity contribution in [1.82, 2.24) is 4.72 Å². The smallest absolute Gasteiger partial charge is 0.264 e. The Bertz CT molecular complexity index is 507. The van der Waals surface area contributed by atoms with Crippen LogP contribution >= 0.6 is 0 Å². The minimum atomic E-state index is -3.79. The van der Waals surface area contributed by atoms with Crippen molar-refractivity contribution >= 4 is 15.9 Å². The zero-order chi connectivity index (χ0) is 13.8. The highest BCUT2D eigenvalue weighted by atomic mass is 32.2. The Hall–Kier alpha value is -1.56. The first-order chi connectivity index (χ1) is 8.40. The van der Waals surface area contributed by atoms with Crippen LogP contribution in [0.2, 0.25) is 0 Å². The minimum Gasteiger partial charge on any atom is -0.497 e. The highest BCUT2D eigenvalue weighted by molar-refractivity contribution is 7.90. The van der Waals surface area contributed by atoms with Crippen LogP contribution < -0.4 is 9.46 Å². The average molecular weight is 271 g/mol. The molecule has 5 nitrogen and oxygen atoms in total. The fraction of sp³-hybridized carbons (Fsp3) is 0.417. The zero-order valence-electron chi connectivity index (χ0n) is 10.6. The first-order valence-electron chi connectivity index (χ1n) is 5.61. The maximum atomic E-state index is 11.9. The van der Waals surface area contributed by atoms with Gasteiger partial charge in [0.1, 0.15) is 5.75 Å². The molecule has 0 spiro atoms. The van der Waals surface area contributed by atoms with Gasteiger partial charge < -0.3 is 4.74 Å². The third-order valence-electron chi connectivity index (χ3n) is 2.66. The lowest BCUT2D eigenvalue weighted by molar-refractivity contribution is -0.122. The van der Waals surface area contributed by atoms with Crippen LogP contribution in [0.3, 0.4) is 0 Å². The van der Waals surface area contributed by atoms with Gasteiger partial charge in [-0.2, -0.15) is 0 Å². The summed E-state index contributed by atoms with van der Waals surface area (Å²) in [4.78, 5) is 11.6. The molecule has 0 heterocycles. The summed E-state index contributed by atoms with van der Waals surface area (Å²) in [6.07, 6.45) is 0.587. The second-order valence-electron chi connectivity index (χ2n) is 3.95. The summed E-state index contributed by atoms with van der Waals surface area (Å²) < 4.78 is 30.8. The molecule has 18 heavy (non-hydrogen) atoms. The van der Waals surface area contributed by atoms with E-state index in [0.29, 0.717) is 12.2 Å². The molecule has 0 saturated carbocycles. The lowest BCUT2D eigenvalue weighted by atomic mass is 10.1. The molecule has 0 radical (unpaired) electrons. The number of nitrogens with one attached hydrogen (secondary N) is 1. The van der Waals surface area contributed by atoms with E-state index >= 15 is 0 Å². The van der Waals surface area contributed by atoms with E-state index in [4.69, 9.17) is 4.74 Å². The van der Waals surface area contributed by atoms with Crippen LogP contribution in [0.4, 0.5) is 0 Å². The minimum absolute atomic E-state index is 0.0416. The lowest BCUT2D eigenvalue weighted by Crippen LogP contribution is -2.34. The summed E-state index contributed by atoms with van der Waals surface area (Å²) in [6, 6.07) is 5.85. The summed E-state index contributed by atoms with van der Waals surface area (Å²) in [5.74, 6) is -0.270. The third-order valence-corrected chi connectivity index (χ3v) is 4.03. The van der Waals surface area contributed by atoms with Crippen LogP contribution in [-0.2, 0) is 14.8 Å². The summed E-state index contributed by atoms with van der Waals surface area (Å²) in [5, 5.41) is 0. The SMILES string of the molecule is CCC(C)C(=O)NS(=O)(=O)c1ccc(OC)cc1. The lowest BCUT2D eigenvalue weighted by Gasteiger charge is -2.10. The van der Waals surface area contributed by atoms with Crippen LogP contribution in [0.1, 0.15) is 20.3 Å². The van der Waals surface area contributed by atoms with E-state index < -0.39 is 15.9 Å². The normalized spacial score (nSPS) is 12.8. The second-order valence-corrected chi connectivity index (χ2v) is 5.64. The molecule has 100 valence electrons. The van der Waals surface area contributed by atoms with Gasteiger partial charge in [-0.05, 0) is 30.7 Å². The maximum Gasteiger partial charge on any atom is 0.264 e. The van der Waals surface area contributed by atoms with Crippen molar-refractivity contribution < 1.29 is 17.9 Å². The first kappa shape index (κ1) is 14.5. The van der Waals surface area contributed by atoms with Crippen molar-refractivity contribution in [2.24, 2.45) is 5.92 Å². The van der Waals surface area contributed by atoms with Crippen molar-refractivity contribution in [3.8, 4) is 5.75 Å². The molecule has 1 unspecified atom stereocenters. The van der Waals surface area contributed by atoms with Crippen LogP contribution in [0.5, 0.6) is 5.75 Å². The van der Waals surface area contributed by atoms with E-state index in [9.17, 15) is 13.2 Å². The number of sulfonamides is 1. The Morgan fingerprint density at radius 2 is 1.89 bits per heavy atom. The molecule has 0 bridgehead atoms. The number of hydrogen-bond donors (Lipinski definition) is 1. The highest BCUT2D eigenvalue weighted by Crippen LogP contribution is 2.15. The molecule has 0 saturated heterocycles. The largest absolute Gasteiger partial charge is 0.497 e. The van der Waals surface area contributed by atoms with Crippen LogP contribution in [-0.4, -0.2) is 21.4 Å². The Labute approximate surface area is 107 Å². The standard InChI is InChI=1S/C12H17NO4S/c1-4-9(2)12(14)13-18(15,16)11-7-5-10(17-3)6-8-11/h5-9H,4H2,1-3H3,(H,13,14). The van der Waals surface area contributed by atoms with E-state index in [1.807, 2.05) is 6.92 Å². The van der Waals surface area contributed by atoms with E-state index in [0.717, 1.165) is 0 Å². The van der Waals surface area contributed by atoms with Gasteiger partial charge in [0.05, 0.1) is 12.0 Å². The fourth-order valence-electron chi connectivity index (χ4n) is 1.23. The van der Waals surface area contributed by atoms with Gasteiger partial charge in [-0.15, -0.1) is 0 Å². The van der Waals surface area contributed by atoms with E-state index in [-0.39, 0.29) is 10.8 Å². The summed E-state index contributed by atoms with van der Waals surface area (Å²) >= 11 is 0. The number of carbonyl (C=O) groups is 1. The average Bonchev–Trinajstić information content (AvgIpc) is 2.37. The summed E-state index contributed by atoms with van der Waals surface area (Å²) in [7, 11) is -2.30. The van der Waals surface area contributed by atoms with Crippen LogP contribution in [0.15, 0.2) is 29.2 Å². The molecule has 1 atom stereocenters. The molecule has 0 aromatic heterocycles. The molecule has 0 aliphatic rings. The predicted molar refractivity (Wildman–Crippen MR) is 67.8 cm³/mol. The van der Waals surface area contributed by atoms with Crippen LogP contribution in [0, 0.1) is 5.92 Å². The Morgan fingerprint density at radius 1 is 1.33 bits per heavy atom. The number of methoxy groups -OCH3 is 1. The molecule has 6 heteroatoms. The van der Waals surface area contributed by atoms with Gasteiger partial charge in [-0.3, -0.25) is 4.79 Å². The van der Waals surface area contributed by atoms with E-state index in [1.54, 1.807) is 6.92 Å². The Kier molecular flexibility index (Phi) is 4.72. The number of amides is 1. The van der Waals surface area contributed by atoms with Crippen LogP contribution in [0.25, 0.3) is 0 Å². The quantitative estimate of drug-likeness (QED) is 0.881. The van der Waals surface area contributed by atoms with Gasteiger partial charge in [-0.1, -0.05) is 13.8 Å². The van der Waals surface area contributed by atoms with Crippen molar-refractivity contribution in [3.05, 3.63) is 24.3 Å². The molecule has 1 rings (SSSR count). The van der Waals surface area contributed by atoms with Gasteiger partial charge in [0, 0.05) is 5.92 Å². The zero-order valence-corrected chi connectivity index (χ0v) is 11.5. The van der Waals surface area contributed by atoms with Crippen molar-refractivity contribution in [2.75, 3.05) is 7.11 Å². The Balaban J connectivity index is 2.89. The Morgan fingerprint density at radius 3 is 2.33 bits per heavy atom. The summed E-state index contributed by atoms with van der Waals surface area (Å²) in [6.45, 7) is 3.50. The van der Waals surface area contributed by atoms with E-state index in [1.165, 1.54) is 31.4 Å². The molecule has 0 fully saturated rings. The molecule has 1 amide bonds. The van der Waals surface area contributed by atoms with Crippen molar-refractivity contribution in [3.63, 3.8) is 0 Å². The van der Waals surface area contributed by atoms with Gasteiger partial charge in [0.2, 0.25) is 5.91 Å². The number of ether oxygens (including phenoxy) is 1. The van der Waals surface area contributed by atoms with Crippen molar-refractivity contribution in [2.45, 2.75) is 25.2 Å². The predicted octanol–water partition coefficient (Wildman–Crippen LogP) is 1.55. The van der Waals surface area contributed by atoms with Crippen molar-refractivity contribution in [1.29, 1.82) is 0 Å². The third kappa shape index (κ3) is 3.46. The maximum absolute atomic E-state index is 11.9. The highest BCUT2D eigenvalue weighted by Gasteiger charge is 2.20. The molecule has 0 aliphatic heterocycles. The molecule has 1 aromatic carbocycles. The molecular weight excluding hydrogens is 254 g/mol. The summed E-state index contributed by atoms with van der Waals surface area (Å²) in [5.41, 5.74) is 0. The number of carbonyl (C=O) groups excluding carboxylic acids is 1. The number of rotatable bonds is 5. The van der Waals surface area contributed by atoms with Gasteiger partial charge >= 0.3 is 0 Å². The monoisotopic (exact) mass is 271 g/mol. The fourth-order valence-corrected chi connectivity index (χ4v) is 2.31. The topological polar surface area (TPSA) is 72.5 Å². The first-order valence-corrected chi connectivity index (χ1v) is 7.09. The van der Waals surface area contributed by atoms with Gasteiger partial charge in [0.25, 0.3) is 10.0 Å². The second kappa shape index (κ2) is 5.86. The molecule has 0 aliphatic carbocycles. The molecule has 1 N–H and O–H groups in total. The van der Waals surface area contributed by atoms with Gasteiger partial charge in [0.15, 0.2) is 0 Å². The number of hydrogen-bond acceptors (Lipinski definition) is 4.